The Kier molecular flexibility index (Phi) is 4.57. The van der Waals surface area contributed by atoms with E-state index in [0.29, 0.717) is 6.54 Å². The number of fused-ring (bicyclic) bond motifs is 1. The number of nitrogens with zero attached hydrogens (tertiary/aromatic N) is 3. The summed E-state index contributed by atoms with van der Waals surface area (Å²) in [6.45, 7) is 0.423. The van der Waals surface area contributed by atoms with Crippen molar-refractivity contribution in [1.82, 2.24) is 19.9 Å². The Morgan fingerprint density at radius 2 is 1.77 bits per heavy atom. The summed E-state index contributed by atoms with van der Waals surface area (Å²) in [5, 5.41) is 0.166. The summed E-state index contributed by atoms with van der Waals surface area (Å²) < 4.78 is 0. The Labute approximate surface area is 149 Å². The Morgan fingerprint density at radius 3 is 2.42 bits per heavy atom. The fraction of sp³-hybridized carbons (Fsp3) is 0.222. The van der Waals surface area contributed by atoms with Crippen molar-refractivity contribution in [3.8, 4) is 0 Å². The van der Waals surface area contributed by atoms with Gasteiger partial charge in [0, 0.05) is 39.6 Å². The summed E-state index contributed by atoms with van der Waals surface area (Å²) in [7, 11) is 5.61. The zero-order chi connectivity index (χ0) is 18.8. The van der Waals surface area contributed by atoms with Gasteiger partial charge in [-0.05, 0) is 23.8 Å². The highest BCUT2D eigenvalue weighted by molar-refractivity contribution is 5.96. The Bertz CT molecular complexity index is 1070. The second-order valence-electron chi connectivity index (χ2n) is 6.25. The Balaban J connectivity index is 1.83. The van der Waals surface area contributed by atoms with Crippen molar-refractivity contribution in [2.75, 3.05) is 26.0 Å². The summed E-state index contributed by atoms with van der Waals surface area (Å²) in [4.78, 5) is 47.9. The Hall–Kier alpha value is -3.42. The van der Waals surface area contributed by atoms with Crippen LogP contribution in [0.4, 0.5) is 5.69 Å². The molecule has 3 rings (SSSR count). The zero-order valence-electron chi connectivity index (χ0n) is 14.7. The molecule has 2 N–H and O–H groups in total. The normalized spacial score (nSPS) is 10.7. The molecule has 0 spiro atoms. The summed E-state index contributed by atoms with van der Waals surface area (Å²) in [5.74, 6) is -0.262. The lowest BCUT2D eigenvalue weighted by molar-refractivity contribution is 0.0785. The maximum Gasteiger partial charge on any atom is 0.327 e. The molecule has 1 amide bonds. The molecule has 1 aromatic carbocycles. The number of hydrogen-bond acceptors (Lipinski definition) is 5. The van der Waals surface area contributed by atoms with E-state index in [-0.39, 0.29) is 22.5 Å². The lowest BCUT2D eigenvalue weighted by Crippen LogP contribution is -2.27. The molecule has 26 heavy (non-hydrogen) atoms. The van der Waals surface area contributed by atoms with E-state index in [9.17, 15) is 14.4 Å². The molecule has 3 aromatic rings. The van der Waals surface area contributed by atoms with Crippen molar-refractivity contribution in [2.45, 2.75) is 6.54 Å². The van der Waals surface area contributed by atoms with E-state index in [1.54, 1.807) is 11.9 Å². The van der Waals surface area contributed by atoms with Gasteiger partial charge in [-0.3, -0.25) is 19.6 Å². The van der Waals surface area contributed by atoms with Crippen LogP contribution in [0.2, 0.25) is 0 Å². The fourth-order valence-corrected chi connectivity index (χ4v) is 2.63. The van der Waals surface area contributed by atoms with Gasteiger partial charge in [-0.2, -0.15) is 0 Å². The molecule has 0 saturated carbocycles. The number of amides is 1. The van der Waals surface area contributed by atoms with Gasteiger partial charge in [0.25, 0.3) is 11.5 Å². The number of benzene rings is 1. The van der Waals surface area contributed by atoms with Crippen LogP contribution in [-0.2, 0) is 6.54 Å². The molecule has 8 nitrogen and oxygen atoms in total. The standard InChI is InChI=1S/C18H19N5O3/c1-22(2)13-6-4-11(5-7-13)10-23(3)17(25)12-8-14-15(19-9-12)20-18(26)21-16(14)24/h4-9H,10H2,1-3H3,(H2,19,20,21,24,26). The average Bonchev–Trinajstić information content (AvgIpc) is 2.61. The molecule has 0 unspecified atom stereocenters. The van der Waals surface area contributed by atoms with Crippen LogP contribution in [0.1, 0.15) is 15.9 Å². The number of nitrogens with one attached hydrogen (secondary N) is 2. The highest BCUT2D eigenvalue weighted by Crippen LogP contribution is 2.15. The van der Waals surface area contributed by atoms with Crippen molar-refractivity contribution in [3.05, 3.63) is 68.5 Å². The molecule has 2 aromatic heterocycles. The van der Waals surface area contributed by atoms with Gasteiger partial charge in [0.2, 0.25) is 0 Å². The van der Waals surface area contributed by atoms with Crippen LogP contribution < -0.4 is 16.1 Å². The van der Waals surface area contributed by atoms with Gasteiger partial charge in [-0.1, -0.05) is 12.1 Å². The van der Waals surface area contributed by atoms with Crippen molar-refractivity contribution in [2.24, 2.45) is 0 Å². The van der Waals surface area contributed by atoms with Gasteiger partial charge in [0.15, 0.2) is 0 Å². The predicted octanol–water partition coefficient (Wildman–Crippen LogP) is 0.950. The first-order valence-corrected chi connectivity index (χ1v) is 7.99. The summed E-state index contributed by atoms with van der Waals surface area (Å²) in [5.41, 5.74) is 1.29. The molecule has 0 aliphatic rings. The van der Waals surface area contributed by atoms with Crippen molar-refractivity contribution in [1.29, 1.82) is 0 Å². The number of carbonyl (C=O) groups excluding carboxylic acids is 1. The number of anilines is 1. The van der Waals surface area contributed by atoms with Crippen molar-refractivity contribution < 1.29 is 4.79 Å². The number of aromatic amines is 2. The maximum atomic E-state index is 12.6. The van der Waals surface area contributed by atoms with Crippen molar-refractivity contribution >= 4 is 22.6 Å². The van der Waals surface area contributed by atoms with Gasteiger partial charge in [0.05, 0.1) is 10.9 Å². The number of aromatic nitrogens is 3. The van der Waals surface area contributed by atoms with Crippen LogP contribution >= 0.6 is 0 Å². The third kappa shape index (κ3) is 3.49. The predicted molar refractivity (Wildman–Crippen MR) is 99.6 cm³/mol. The summed E-state index contributed by atoms with van der Waals surface area (Å²) >= 11 is 0. The molecule has 0 bridgehead atoms. The first-order chi connectivity index (χ1) is 12.3. The average molecular weight is 353 g/mol. The van der Waals surface area contributed by atoms with Crippen LogP contribution in [-0.4, -0.2) is 46.9 Å². The lowest BCUT2D eigenvalue weighted by Gasteiger charge is -2.18. The van der Waals surface area contributed by atoms with Gasteiger partial charge in [-0.25, -0.2) is 9.78 Å². The number of rotatable bonds is 4. The van der Waals surface area contributed by atoms with Gasteiger partial charge < -0.3 is 9.80 Å². The van der Waals surface area contributed by atoms with E-state index < -0.39 is 11.2 Å². The van der Waals surface area contributed by atoms with E-state index in [0.717, 1.165) is 11.3 Å². The minimum Gasteiger partial charge on any atom is -0.378 e. The van der Waals surface area contributed by atoms with Gasteiger partial charge in [-0.15, -0.1) is 0 Å². The molecule has 0 saturated heterocycles. The lowest BCUT2D eigenvalue weighted by atomic mass is 10.1. The highest BCUT2D eigenvalue weighted by Gasteiger charge is 2.14. The van der Waals surface area contributed by atoms with Crippen LogP contribution in [0.5, 0.6) is 0 Å². The molecule has 2 heterocycles. The maximum absolute atomic E-state index is 12.6. The van der Waals surface area contributed by atoms with E-state index in [2.05, 4.69) is 15.0 Å². The van der Waals surface area contributed by atoms with E-state index in [1.807, 2.05) is 43.3 Å². The fourth-order valence-electron chi connectivity index (χ4n) is 2.63. The number of H-pyrrole nitrogens is 2. The largest absolute Gasteiger partial charge is 0.378 e. The van der Waals surface area contributed by atoms with Gasteiger partial charge >= 0.3 is 5.69 Å². The van der Waals surface area contributed by atoms with Crippen LogP contribution in [0.25, 0.3) is 11.0 Å². The number of pyridine rings is 1. The first-order valence-electron chi connectivity index (χ1n) is 7.99. The summed E-state index contributed by atoms with van der Waals surface area (Å²) in [6.07, 6.45) is 1.35. The second-order valence-corrected chi connectivity index (χ2v) is 6.25. The van der Waals surface area contributed by atoms with Gasteiger partial charge in [0.1, 0.15) is 5.65 Å². The van der Waals surface area contributed by atoms with E-state index >= 15 is 0 Å². The van der Waals surface area contributed by atoms with Crippen LogP contribution in [0, 0.1) is 0 Å². The van der Waals surface area contributed by atoms with Crippen LogP contribution in [0.15, 0.2) is 46.1 Å². The third-order valence-electron chi connectivity index (χ3n) is 4.06. The molecule has 0 atom stereocenters. The molecule has 0 fully saturated rings. The van der Waals surface area contributed by atoms with Crippen molar-refractivity contribution in [3.63, 3.8) is 0 Å². The van der Waals surface area contributed by atoms with E-state index in [1.165, 1.54) is 12.3 Å². The SMILES string of the molecule is CN(Cc1ccc(N(C)C)cc1)C(=O)c1cnc2[nH]c(=O)[nH]c(=O)c2c1. The number of hydrogen-bond donors (Lipinski definition) is 2. The Morgan fingerprint density at radius 1 is 1.08 bits per heavy atom. The molecule has 8 heteroatoms. The zero-order valence-corrected chi connectivity index (χ0v) is 14.7. The molecular weight excluding hydrogens is 334 g/mol. The molecule has 0 radical (unpaired) electrons. The smallest absolute Gasteiger partial charge is 0.327 e. The minimum absolute atomic E-state index is 0.150. The molecular formula is C18H19N5O3. The number of carbonyl (C=O) groups is 1. The topological polar surface area (TPSA) is 102 Å². The highest BCUT2D eigenvalue weighted by atomic mass is 16.2. The summed E-state index contributed by atoms with van der Waals surface area (Å²) in [6, 6.07) is 9.34. The minimum atomic E-state index is -0.632. The van der Waals surface area contributed by atoms with E-state index in [4.69, 9.17) is 0 Å². The third-order valence-corrected chi connectivity index (χ3v) is 4.06. The quantitative estimate of drug-likeness (QED) is 0.727. The molecule has 0 aliphatic carbocycles. The molecule has 134 valence electrons. The van der Waals surface area contributed by atoms with Crippen LogP contribution in [0.3, 0.4) is 0 Å². The second kappa shape index (κ2) is 6.83. The monoisotopic (exact) mass is 353 g/mol. The molecule has 0 aliphatic heterocycles. The first kappa shape index (κ1) is 17.4.